The summed E-state index contributed by atoms with van der Waals surface area (Å²) in [5.74, 6) is 0. The molecule has 0 N–H and O–H groups in total. The Hall–Kier alpha value is -1.72. The SMILES string of the molecule is CCOS(=O)(=O)c1ccc(C)cc1-c1cccc(C)n1. The molecule has 0 atom stereocenters. The summed E-state index contributed by atoms with van der Waals surface area (Å²) in [6.45, 7) is 5.54. The Morgan fingerprint density at radius 1 is 1.15 bits per heavy atom. The van der Waals surface area contributed by atoms with Gasteiger partial charge in [-0.3, -0.25) is 9.17 Å². The molecule has 0 amide bonds. The second kappa shape index (κ2) is 5.73. The van der Waals surface area contributed by atoms with Crippen LogP contribution in [-0.4, -0.2) is 20.0 Å². The van der Waals surface area contributed by atoms with Crippen molar-refractivity contribution < 1.29 is 12.6 Å². The van der Waals surface area contributed by atoms with E-state index in [0.717, 1.165) is 11.3 Å². The maximum Gasteiger partial charge on any atom is 0.297 e. The van der Waals surface area contributed by atoms with Gasteiger partial charge in [-0.15, -0.1) is 0 Å². The van der Waals surface area contributed by atoms with E-state index in [0.29, 0.717) is 11.3 Å². The quantitative estimate of drug-likeness (QED) is 0.812. The Kier molecular flexibility index (Phi) is 4.20. The van der Waals surface area contributed by atoms with Crippen LogP contribution in [0, 0.1) is 13.8 Å². The summed E-state index contributed by atoms with van der Waals surface area (Å²) in [6.07, 6.45) is 0. The van der Waals surface area contributed by atoms with Gasteiger partial charge in [-0.1, -0.05) is 17.7 Å². The predicted octanol–water partition coefficient (Wildman–Crippen LogP) is 3.09. The van der Waals surface area contributed by atoms with Gasteiger partial charge in [0, 0.05) is 11.3 Å². The molecule has 0 fully saturated rings. The number of benzene rings is 1. The molecule has 4 nitrogen and oxygen atoms in total. The van der Waals surface area contributed by atoms with Gasteiger partial charge in [0.1, 0.15) is 4.90 Å². The van der Waals surface area contributed by atoms with E-state index in [2.05, 4.69) is 4.98 Å². The Labute approximate surface area is 119 Å². The van der Waals surface area contributed by atoms with Gasteiger partial charge in [0.2, 0.25) is 0 Å². The number of pyridine rings is 1. The summed E-state index contributed by atoms with van der Waals surface area (Å²) >= 11 is 0. The van der Waals surface area contributed by atoms with Gasteiger partial charge in [-0.2, -0.15) is 8.42 Å². The Morgan fingerprint density at radius 3 is 2.55 bits per heavy atom. The van der Waals surface area contributed by atoms with Crippen LogP contribution in [0.1, 0.15) is 18.2 Å². The average molecular weight is 291 g/mol. The van der Waals surface area contributed by atoms with Gasteiger partial charge in [-0.25, -0.2) is 0 Å². The highest BCUT2D eigenvalue weighted by atomic mass is 32.2. The average Bonchev–Trinajstić information content (AvgIpc) is 2.38. The molecule has 1 aromatic carbocycles. The molecule has 2 rings (SSSR count). The Morgan fingerprint density at radius 2 is 1.90 bits per heavy atom. The van der Waals surface area contributed by atoms with Crippen molar-refractivity contribution in [1.29, 1.82) is 0 Å². The summed E-state index contributed by atoms with van der Waals surface area (Å²) in [4.78, 5) is 4.55. The summed E-state index contributed by atoms with van der Waals surface area (Å²) in [6, 6.07) is 10.7. The van der Waals surface area contributed by atoms with Gasteiger partial charge in [0.05, 0.1) is 12.3 Å². The van der Waals surface area contributed by atoms with Crippen molar-refractivity contribution in [3.8, 4) is 11.3 Å². The molecule has 2 aromatic rings. The van der Waals surface area contributed by atoms with Crippen LogP contribution >= 0.6 is 0 Å². The maximum absolute atomic E-state index is 12.2. The molecule has 5 heteroatoms. The molecule has 1 aromatic heterocycles. The van der Waals surface area contributed by atoms with Crippen molar-refractivity contribution in [2.24, 2.45) is 0 Å². The van der Waals surface area contributed by atoms with Gasteiger partial charge in [0.15, 0.2) is 0 Å². The molecule has 0 spiro atoms. The lowest BCUT2D eigenvalue weighted by Crippen LogP contribution is -2.08. The minimum atomic E-state index is -3.76. The van der Waals surface area contributed by atoms with Crippen LogP contribution in [0.25, 0.3) is 11.3 Å². The van der Waals surface area contributed by atoms with Gasteiger partial charge in [-0.05, 0) is 45.0 Å². The predicted molar refractivity (Wildman–Crippen MR) is 78.0 cm³/mol. The van der Waals surface area contributed by atoms with Crippen molar-refractivity contribution in [3.63, 3.8) is 0 Å². The fraction of sp³-hybridized carbons (Fsp3) is 0.267. The smallest absolute Gasteiger partial charge is 0.267 e. The first-order chi connectivity index (χ1) is 9.44. The van der Waals surface area contributed by atoms with Crippen molar-refractivity contribution in [1.82, 2.24) is 4.98 Å². The second-order valence-corrected chi connectivity index (χ2v) is 6.11. The van der Waals surface area contributed by atoms with Crippen molar-refractivity contribution in [3.05, 3.63) is 47.7 Å². The minimum absolute atomic E-state index is 0.108. The zero-order valence-corrected chi connectivity index (χ0v) is 12.6. The Balaban J connectivity index is 2.66. The van der Waals surface area contributed by atoms with Crippen LogP contribution < -0.4 is 0 Å². The number of hydrogen-bond acceptors (Lipinski definition) is 4. The lowest BCUT2D eigenvalue weighted by molar-refractivity contribution is 0.338. The normalized spacial score (nSPS) is 11.6. The summed E-state index contributed by atoms with van der Waals surface area (Å²) < 4.78 is 29.2. The second-order valence-electron chi connectivity index (χ2n) is 4.52. The van der Waals surface area contributed by atoms with Crippen LogP contribution in [0.4, 0.5) is 0 Å². The van der Waals surface area contributed by atoms with Crippen LogP contribution in [0.2, 0.25) is 0 Å². The third-order valence-corrected chi connectivity index (χ3v) is 4.28. The first-order valence-electron chi connectivity index (χ1n) is 6.38. The lowest BCUT2D eigenvalue weighted by atomic mass is 10.1. The molecule has 0 saturated heterocycles. The molecule has 0 aliphatic heterocycles. The first-order valence-corrected chi connectivity index (χ1v) is 7.79. The first kappa shape index (κ1) is 14.7. The standard InChI is InChI=1S/C15H17NO3S/c1-4-19-20(17,18)15-9-8-11(2)10-13(15)14-7-5-6-12(3)16-14/h5-10H,4H2,1-3H3. The Bertz CT molecular complexity index is 724. The summed E-state index contributed by atoms with van der Waals surface area (Å²) in [5, 5.41) is 0. The molecule has 0 saturated carbocycles. The molecule has 0 radical (unpaired) electrons. The van der Waals surface area contributed by atoms with Crippen molar-refractivity contribution in [2.75, 3.05) is 6.61 Å². The van der Waals surface area contributed by atoms with E-state index in [1.165, 1.54) is 0 Å². The largest absolute Gasteiger partial charge is 0.297 e. The van der Waals surface area contributed by atoms with E-state index in [9.17, 15) is 8.42 Å². The van der Waals surface area contributed by atoms with Crippen LogP contribution in [0.5, 0.6) is 0 Å². The molecular formula is C15H17NO3S. The lowest BCUT2D eigenvalue weighted by Gasteiger charge is -2.11. The van der Waals surface area contributed by atoms with Crippen molar-refractivity contribution >= 4 is 10.1 Å². The fourth-order valence-electron chi connectivity index (χ4n) is 1.97. The third-order valence-electron chi connectivity index (χ3n) is 2.84. The molecule has 20 heavy (non-hydrogen) atoms. The van der Waals surface area contributed by atoms with Crippen LogP contribution in [0.15, 0.2) is 41.3 Å². The monoisotopic (exact) mass is 291 g/mol. The molecule has 1 heterocycles. The number of aryl methyl sites for hydroxylation is 2. The van der Waals surface area contributed by atoms with Gasteiger partial charge in [0.25, 0.3) is 10.1 Å². The molecule has 0 bridgehead atoms. The van der Waals surface area contributed by atoms with Gasteiger partial charge >= 0.3 is 0 Å². The van der Waals surface area contributed by atoms with E-state index < -0.39 is 10.1 Å². The third kappa shape index (κ3) is 3.05. The zero-order valence-electron chi connectivity index (χ0n) is 11.8. The minimum Gasteiger partial charge on any atom is -0.267 e. The maximum atomic E-state index is 12.2. The summed E-state index contributed by atoms with van der Waals surface area (Å²) in [5.41, 5.74) is 3.01. The number of hydrogen-bond donors (Lipinski definition) is 0. The zero-order chi connectivity index (χ0) is 14.8. The van der Waals surface area contributed by atoms with E-state index >= 15 is 0 Å². The highest BCUT2D eigenvalue weighted by Gasteiger charge is 2.20. The topological polar surface area (TPSA) is 56.3 Å². The molecular weight excluding hydrogens is 274 g/mol. The molecule has 0 aliphatic carbocycles. The van der Waals surface area contributed by atoms with E-state index in [1.54, 1.807) is 25.1 Å². The van der Waals surface area contributed by atoms with Crippen LogP contribution in [-0.2, 0) is 14.3 Å². The summed E-state index contributed by atoms with van der Waals surface area (Å²) in [7, 11) is -3.76. The number of nitrogens with zero attached hydrogens (tertiary/aromatic N) is 1. The number of aromatic nitrogens is 1. The number of rotatable bonds is 4. The van der Waals surface area contributed by atoms with Crippen molar-refractivity contribution in [2.45, 2.75) is 25.7 Å². The molecule has 0 unspecified atom stereocenters. The van der Waals surface area contributed by atoms with E-state index in [1.807, 2.05) is 32.0 Å². The fourth-order valence-corrected chi connectivity index (χ4v) is 3.08. The molecule has 106 valence electrons. The highest BCUT2D eigenvalue weighted by molar-refractivity contribution is 7.87. The van der Waals surface area contributed by atoms with Gasteiger partial charge < -0.3 is 0 Å². The highest BCUT2D eigenvalue weighted by Crippen LogP contribution is 2.28. The van der Waals surface area contributed by atoms with E-state index in [-0.39, 0.29) is 11.5 Å². The molecule has 0 aliphatic rings. The van der Waals surface area contributed by atoms with E-state index in [4.69, 9.17) is 4.18 Å². The van der Waals surface area contributed by atoms with Crippen LogP contribution in [0.3, 0.4) is 0 Å².